The van der Waals surface area contributed by atoms with E-state index >= 15 is 0 Å². The van der Waals surface area contributed by atoms with Crippen molar-refractivity contribution in [2.24, 2.45) is 0 Å². The zero-order valence-electron chi connectivity index (χ0n) is 8.58. The van der Waals surface area contributed by atoms with Gasteiger partial charge in [-0.05, 0) is 13.0 Å². The van der Waals surface area contributed by atoms with Crippen molar-refractivity contribution < 1.29 is 19.9 Å². The number of nitro groups is 1. The number of para-hydroxylation sites is 1. The van der Waals surface area contributed by atoms with Gasteiger partial charge in [0.05, 0.1) is 23.0 Å². The molecule has 0 aliphatic carbocycles. The lowest BCUT2D eigenvalue weighted by Gasteiger charge is -2.09. The maximum absolute atomic E-state index is 10.8. The van der Waals surface area contributed by atoms with Gasteiger partial charge in [-0.1, -0.05) is 12.1 Å². The van der Waals surface area contributed by atoms with Gasteiger partial charge in [-0.15, -0.1) is 0 Å². The fraction of sp³-hybridized carbons (Fsp3) is 0.300. The molecule has 0 bridgehead atoms. The van der Waals surface area contributed by atoms with E-state index in [1.807, 2.05) is 0 Å². The van der Waals surface area contributed by atoms with Crippen molar-refractivity contribution in [1.29, 1.82) is 0 Å². The van der Waals surface area contributed by atoms with Gasteiger partial charge in [0.25, 0.3) is 5.69 Å². The van der Waals surface area contributed by atoms with E-state index in [9.17, 15) is 20.0 Å². The second kappa shape index (κ2) is 4.71. The van der Waals surface area contributed by atoms with Crippen molar-refractivity contribution in [3.8, 4) is 0 Å². The molecule has 1 atom stereocenters. The minimum absolute atomic E-state index is 0.0346. The summed E-state index contributed by atoms with van der Waals surface area (Å²) in [6.07, 6.45) is -1.91. The summed E-state index contributed by atoms with van der Waals surface area (Å²) < 4.78 is 0. The van der Waals surface area contributed by atoms with Gasteiger partial charge in [-0.2, -0.15) is 0 Å². The highest BCUT2D eigenvalue weighted by Crippen LogP contribution is 2.29. The predicted molar refractivity (Wildman–Crippen MR) is 55.0 cm³/mol. The van der Waals surface area contributed by atoms with Crippen LogP contribution in [0.5, 0.6) is 0 Å². The molecule has 1 aromatic rings. The molecule has 16 heavy (non-hydrogen) atoms. The number of hydrogen-bond donors (Lipinski definition) is 2. The third-order valence-electron chi connectivity index (χ3n) is 2.18. The van der Waals surface area contributed by atoms with E-state index in [2.05, 4.69) is 0 Å². The van der Waals surface area contributed by atoms with Crippen molar-refractivity contribution in [1.82, 2.24) is 0 Å². The fourth-order valence-electron chi connectivity index (χ4n) is 1.48. The standard InChI is InChI=1S/C10H11NO5/c1-6-3-2-4-7(10(6)11(15)16)8(12)5-9(13)14/h2-4,8,12H,5H2,1H3,(H,13,14). The van der Waals surface area contributed by atoms with Crippen LogP contribution in [0.4, 0.5) is 5.69 Å². The molecule has 0 aliphatic rings. The second-order valence-electron chi connectivity index (χ2n) is 3.38. The number of aliphatic carboxylic acids is 1. The predicted octanol–water partition coefficient (Wildman–Crippen LogP) is 1.41. The molecule has 0 aromatic heterocycles. The van der Waals surface area contributed by atoms with Crippen LogP contribution in [0.2, 0.25) is 0 Å². The molecule has 0 heterocycles. The van der Waals surface area contributed by atoms with Gasteiger partial charge in [0.1, 0.15) is 0 Å². The molecule has 6 nitrogen and oxygen atoms in total. The average Bonchev–Trinajstić information content (AvgIpc) is 2.15. The van der Waals surface area contributed by atoms with Gasteiger partial charge in [-0.25, -0.2) is 0 Å². The third kappa shape index (κ3) is 2.54. The maximum Gasteiger partial charge on any atom is 0.306 e. The van der Waals surface area contributed by atoms with Crippen LogP contribution >= 0.6 is 0 Å². The SMILES string of the molecule is Cc1cccc(C(O)CC(=O)O)c1[N+](=O)[O-]. The Labute approximate surface area is 91.3 Å². The van der Waals surface area contributed by atoms with E-state index < -0.39 is 23.4 Å². The monoisotopic (exact) mass is 225 g/mol. The van der Waals surface area contributed by atoms with Crippen LogP contribution in [-0.2, 0) is 4.79 Å². The van der Waals surface area contributed by atoms with E-state index in [1.54, 1.807) is 6.07 Å². The van der Waals surface area contributed by atoms with Gasteiger partial charge < -0.3 is 10.2 Å². The first kappa shape index (κ1) is 12.1. The minimum Gasteiger partial charge on any atom is -0.481 e. The van der Waals surface area contributed by atoms with E-state index in [-0.39, 0.29) is 11.3 Å². The van der Waals surface area contributed by atoms with E-state index in [4.69, 9.17) is 5.11 Å². The number of benzene rings is 1. The first-order valence-electron chi connectivity index (χ1n) is 4.57. The zero-order valence-corrected chi connectivity index (χ0v) is 8.58. The Hall–Kier alpha value is -1.95. The van der Waals surface area contributed by atoms with E-state index in [1.165, 1.54) is 19.1 Å². The molecule has 0 spiro atoms. The van der Waals surface area contributed by atoms with Crippen molar-refractivity contribution in [3.05, 3.63) is 39.4 Å². The van der Waals surface area contributed by atoms with Crippen LogP contribution < -0.4 is 0 Å². The van der Waals surface area contributed by atoms with Crippen LogP contribution in [-0.4, -0.2) is 21.1 Å². The quantitative estimate of drug-likeness (QED) is 0.596. The summed E-state index contributed by atoms with van der Waals surface area (Å²) in [5.41, 5.74) is 0.204. The molecular formula is C10H11NO5. The normalized spacial score (nSPS) is 12.1. The Kier molecular flexibility index (Phi) is 3.57. The molecule has 0 amide bonds. The largest absolute Gasteiger partial charge is 0.481 e. The van der Waals surface area contributed by atoms with Crippen LogP contribution in [0.25, 0.3) is 0 Å². The van der Waals surface area contributed by atoms with Crippen molar-refractivity contribution in [2.75, 3.05) is 0 Å². The summed E-state index contributed by atoms with van der Waals surface area (Å²) in [5, 5.41) is 28.9. The summed E-state index contributed by atoms with van der Waals surface area (Å²) >= 11 is 0. The van der Waals surface area contributed by atoms with Gasteiger partial charge >= 0.3 is 5.97 Å². The number of nitro benzene ring substituents is 1. The first-order chi connectivity index (χ1) is 7.43. The fourth-order valence-corrected chi connectivity index (χ4v) is 1.48. The van der Waals surface area contributed by atoms with Gasteiger partial charge in [0, 0.05) is 5.56 Å². The highest BCUT2D eigenvalue weighted by atomic mass is 16.6. The van der Waals surface area contributed by atoms with Crippen LogP contribution in [0.3, 0.4) is 0 Å². The summed E-state index contributed by atoms with van der Waals surface area (Å²) in [5.74, 6) is -1.21. The summed E-state index contributed by atoms with van der Waals surface area (Å²) in [7, 11) is 0. The molecule has 1 rings (SSSR count). The molecule has 0 fully saturated rings. The van der Waals surface area contributed by atoms with Gasteiger partial charge in [0.2, 0.25) is 0 Å². The first-order valence-corrected chi connectivity index (χ1v) is 4.57. The summed E-state index contributed by atoms with van der Waals surface area (Å²) in [6, 6.07) is 4.44. The maximum atomic E-state index is 10.8. The smallest absolute Gasteiger partial charge is 0.306 e. The molecule has 0 radical (unpaired) electrons. The summed E-state index contributed by atoms with van der Waals surface area (Å²) in [4.78, 5) is 20.6. The molecule has 86 valence electrons. The zero-order chi connectivity index (χ0) is 12.3. The van der Waals surface area contributed by atoms with E-state index in [0.29, 0.717) is 5.56 Å². The van der Waals surface area contributed by atoms with Crippen LogP contribution in [0, 0.1) is 17.0 Å². The molecule has 1 unspecified atom stereocenters. The molecule has 0 aliphatic heterocycles. The number of nitrogens with zero attached hydrogens (tertiary/aromatic N) is 1. The number of hydrogen-bond acceptors (Lipinski definition) is 4. The lowest BCUT2D eigenvalue weighted by molar-refractivity contribution is -0.386. The second-order valence-corrected chi connectivity index (χ2v) is 3.38. The summed E-state index contributed by atoms with van der Waals surface area (Å²) in [6.45, 7) is 1.54. The topological polar surface area (TPSA) is 101 Å². The van der Waals surface area contributed by atoms with Crippen LogP contribution in [0.15, 0.2) is 18.2 Å². The molecule has 2 N–H and O–H groups in total. The minimum atomic E-state index is -1.36. The Bertz CT molecular complexity index is 429. The Morgan fingerprint density at radius 3 is 2.69 bits per heavy atom. The van der Waals surface area contributed by atoms with Gasteiger partial charge in [0.15, 0.2) is 0 Å². The number of carboxylic acid groups (broad SMARTS) is 1. The lowest BCUT2D eigenvalue weighted by atomic mass is 10.0. The highest BCUT2D eigenvalue weighted by Gasteiger charge is 2.23. The number of carboxylic acids is 1. The molecule has 0 saturated carbocycles. The van der Waals surface area contributed by atoms with Gasteiger partial charge in [-0.3, -0.25) is 14.9 Å². The number of rotatable bonds is 4. The number of aliphatic hydroxyl groups is 1. The molecular weight excluding hydrogens is 214 g/mol. The van der Waals surface area contributed by atoms with E-state index in [0.717, 1.165) is 0 Å². The Balaban J connectivity index is 3.17. The molecule has 1 aromatic carbocycles. The Morgan fingerprint density at radius 1 is 1.56 bits per heavy atom. The van der Waals surface area contributed by atoms with Crippen molar-refractivity contribution >= 4 is 11.7 Å². The van der Waals surface area contributed by atoms with Crippen molar-refractivity contribution in [2.45, 2.75) is 19.4 Å². The van der Waals surface area contributed by atoms with Crippen LogP contribution in [0.1, 0.15) is 23.7 Å². The number of carbonyl (C=O) groups is 1. The number of aryl methyl sites for hydroxylation is 1. The third-order valence-corrected chi connectivity index (χ3v) is 2.18. The lowest BCUT2D eigenvalue weighted by Crippen LogP contribution is -2.08. The number of aliphatic hydroxyl groups excluding tert-OH is 1. The average molecular weight is 225 g/mol. The van der Waals surface area contributed by atoms with Crippen molar-refractivity contribution in [3.63, 3.8) is 0 Å². The highest BCUT2D eigenvalue weighted by molar-refractivity contribution is 5.68. The molecule has 0 saturated heterocycles. The molecule has 6 heteroatoms. The Morgan fingerprint density at radius 2 is 2.19 bits per heavy atom.